The zero-order valence-corrected chi connectivity index (χ0v) is 14.2. The molecule has 2 aromatic carbocycles. The molecule has 2 N–H and O–H groups in total. The van der Waals surface area contributed by atoms with Gasteiger partial charge in [0, 0.05) is 16.8 Å². The fourth-order valence-electron chi connectivity index (χ4n) is 3.48. The Morgan fingerprint density at radius 1 is 1.12 bits per heavy atom. The van der Waals surface area contributed by atoms with E-state index in [0.717, 1.165) is 5.56 Å². The van der Waals surface area contributed by atoms with Crippen molar-refractivity contribution in [3.05, 3.63) is 72.1 Å². The number of thioether (sulfide) groups is 1. The molecule has 0 bridgehead atoms. The van der Waals surface area contributed by atoms with Crippen molar-refractivity contribution >= 4 is 29.1 Å². The molecule has 0 saturated carbocycles. The summed E-state index contributed by atoms with van der Waals surface area (Å²) in [5, 5.41) is 10.7. The molecule has 0 aliphatic carbocycles. The summed E-state index contributed by atoms with van der Waals surface area (Å²) < 4.78 is 1.60. The SMILES string of the molecule is O=C(c1ccccc1)C1Sc2nncn2NC12C(=O)Nc1ccccc12. The average Bonchev–Trinajstić information content (AvgIpc) is 3.24. The molecule has 3 heterocycles. The molecule has 2 aliphatic heterocycles. The van der Waals surface area contributed by atoms with Gasteiger partial charge < -0.3 is 10.7 Å². The highest BCUT2D eigenvalue weighted by Gasteiger charge is 2.58. The van der Waals surface area contributed by atoms with Gasteiger partial charge in [0.2, 0.25) is 5.16 Å². The van der Waals surface area contributed by atoms with Gasteiger partial charge in [0.25, 0.3) is 5.91 Å². The number of amides is 1. The summed E-state index contributed by atoms with van der Waals surface area (Å²) >= 11 is 1.25. The number of carbonyl (C=O) groups excluding carboxylic acids is 2. The fourth-order valence-corrected chi connectivity index (χ4v) is 4.70. The normalized spacial score (nSPS) is 23.1. The Hall–Kier alpha value is -3.13. The van der Waals surface area contributed by atoms with Gasteiger partial charge in [-0.3, -0.25) is 9.59 Å². The smallest absolute Gasteiger partial charge is 0.257 e. The minimum atomic E-state index is -1.23. The Labute approximate surface area is 152 Å². The number of benzene rings is 2. The highest BCUT2D eigenvalue weighted by atomic mass is 32.2. The molecule has 0 saturated heterocycles. The minimum Gasteiger partial charge on any atom is -0.323 e. The van der Waals surface area contributed by atoms with Crippen LogP contribution in [0.2, 0.25) is 0 Å². The van der Waals surface area contributed by atoms with Crippen molar-refractivity contribution in [1.82, 2.24) is 14.9 Å². The van der Waals surface area contributed by atoms with E-state index in [1.165, 1.54) is 18.1 Å². The quantitative estimate of drug-likeness (QED) is 0.677. The van der Waals surface area contributed by atoms with E-state index in [9.17, 15) is 9.59 Å². The first-order valence-electron chi connectivity index (χ1n) is 8.05. The molecular weight excluding hydrogens is 350 g/mol. The van der Waals surface area contributed by atoms with Gasteiger partial charge in [-0.15, -0.1) is 10.2 Å². The van der Waals surface area contributed by atoms with E-state index in [4.69, 9.17) is 0 Å². The van der Waals surface area contributed by atoms with Crippen LogP contribution in [-0.2, 0) is 10.3 Å². The molecule has 3 aromatic rings. The molecule has 26 heavy (non-hydrogen) atoms. The standard InChI is InChI=1S/C18H13N5O2S/c24-14(11-6-2-1-3-7-11)15-18(22-23-10-19-21-17(23)26-15)12-8-4-5-9-13(12)20-16(18)25/h1-10,15,22H,(H,20,25). The number of fused-ring (bicyclic) bond motifs is 3. The first kappa shape index (κ1) is 15.2. The van der Waals surface area contributed by atoms with E-state index in [2.05, 4.69) is 20.9 Å². The lowest BCUT2D eigenvalue weighted by molar-refractivity contribution is -0.120. The number of carbonyl (C=O) groups is 2. The molecule has 1 amide bonds. The lowest BCUT2D eigenvalue weighted by Gasteiger charge is -2.39. The summed E-state index contributed by atoms with van der Waals surface area (Å²) in [5.74, 6) is -0.399. The summed E-state index contributed by atoms with van der Waals surface area (Å²) in [6, 6.07) is 16.4. The Bertz CT molecular complexity index is 1030. The zero-order valence-electron chi connectivity index (χ0n) is 13.4. The van der Waals surface area contributed by atoms with Crippen LogP contribution in [0.3, 0.4) is 0 Å². The first-order valence-corrected chi connectivity index (χ1v) is 8.93. The number of hydrogen-bond donors (Lipinski definition) is 2. The van der Waals surface area contributed by atoms with E-state index >= 15 is 0 Å². The average molecular weight is 363 g/mol. The number of hydrogen-bond acceptors (Lipinski definition) is 6. The number of nitrogens with one attached hydrogen (secondary N) is 2. The van der Waals surface area contributed by atoms with Crippen LogP contribution in [0.5, 0.6) is 0 Å². The van der Waals surface area contributed by atoms with Gasteiger partial charge >= 0.3 is 0 Å². The van der Waals surface area contributed by atoms with Gasteiger partial charge in [0.1, 0.15) is 11.6 Å². The first-order chi connectivity index (χ1) is 12.7. The number of ketones is 1. The molecule has 2 unspecified atom stereocenters. The number of para-hydroxylation sites is 1. The molecule has 5 rings (SSSR count). The van der Waals surface area contributed by atoms with Crippen LogP contribution >= 0.6 is 11.8 Å². The van der Waals surface area contributed by atoms with Crippen LogP contribution < -0.4 is 10.7 Å². The van der Waals surface area contributed by atoms with Gasteiger partial charge in [0.05, 0.1) is 0 Å². The van der Waals surface area contributed by atoms with Crippen LogP contribution in [0.4, 0.5) is 5.69 Å². The number of nitrogens with zero attached hydrogens (tertiary/aromatic N) is 3. The lowest BCUT2D eigenvalue weighted by Crippen LogP contribution is -2.58. The molecule has 7 nitrogen and oxygen atoms in total. The van der Waals surface area contributed by atoms with Crippen molar-refractivity contribution in [1.29, 1.82) is 0 Å². The second-order valence-electron chi connectivity index (χ2n) is 6.13. The largest absolute Gasteiger partial charge is 0.323 e. The van der Waals surface area contributed by atoms with Crippen LogP contribution in [0.1, 0.15) is 15.9 Å². The molecule has 0 fully saturated rings. The molecule has 0 radical (unpaired) electrons. The lowest BCUT2D eigenvalue weighted by atomic mass is 9.84. The molecule has 128 valence electrons. The van der Waals surface area contributed by atoms with Crippen LogP contribution in [-0.4, -0.2) is 31.8 Å². The van der Waals surface area contributed by atoms with Crippen LogP contribution in [0.25, 0.3) is 0 Å². The molecule has 2 aliphatic rings. The van der Waals surface area contributed by atoms with Crippen molar-refractivity contribution in [2.75, 3.05) is 10.7 Å². The van der Waals surface area contributed by atoms with Crippen LogP contribution in [0, 0.1) is 0 Å². The summed E-state index contributed by atoms with van der Waals surface area (Å²) in [6.07, 6.45) is 1.50. The third kappa shape index (κ3) is 1.96. The molecule has 1 aromatic heterocycles. The number of Topliss-reactive ketones (excluding diaryl/α,β-unsaturated/α-hetero) is 1. The highest BCUT2D eigenvalue weighted by Crippen LogP contribution is 2.48. The number of anilines is 1. The summed E-state index contributed by atoms with van der Waals surface area (Å²) in [7, 11) is 0. The van der Waals surface area contributed by atoms with E-state index in [1.807, 2.05) is 42.5 Å². The highest BCUT2D eigenvalue weighted by molar-refractivity contribution is 8.00. The summed E-state index contributed by atoms with van der Waals surface area (Å²) in [4.78, 5) is 26.4. The van der Waals surface area contributed by atoms with Gasteiger partial charge in [-0.05, 0) is 6.07 Å². The van der Waals surface area contributed by atoms with Crippen molar-refractivity contribution in [3.8, 4) is 0 Å². The Balaban J connectivity index is 1.71. The predicted octanol–water partition coefficient (Wildman–Crippen LogP) is 2.03. The summed E-state index contributed by atoms with van der Waals surface area (Å²) in [6.45, 7) is 0. The maximum atomic E-state index is 13.3. The van der Waals surface area contributed by atoms with Crippen molar-refractivity contribution < 1.29 is 9.59 Å². The van der Waals surface area contributed by atoms with E-state index in [1.54, 1.807) is 16.8 Å². The van der Waals surface area contributed by atoms with E-state index < -0.39 is 10.8 Å². The molecule has 2 atom stereocenters. The van der Waals surface area contributed by atoms with Crippen LogP contribution in [0.15, 0.2) is 66.1 Å². The fraction of sp³-hybridized carbons (Fsp3) is 0.111. The Morgan fingerprint density at radius 3 is 2.73 bits per heavy atom. The number of aromatic nitrogens is 3. The molecule has 1 spiro atoms. The van der Waals surface area contributed by atoms with Gasteiger partial charge in [0.15, 0.2) is 11.3 Å². The predicted molar refractivity (Wildman–Crippen MR) is 96.5 cm³/mol. The molecule has 8 heteroatoms. The topological polar surface area (TPSA) is 88.9 Å². The summed E-state index contributed by atoms with van der Waals surface area (Å²) in [5.41, 5.74) is 3.96. The van der Waals surface area contributed by atoms with Gasteiger partial charge in [-0.25, -0.2) is 4.68 Å². The number of rotatable bonds is 2. The van der Waals surface area contributed by atoms with Gasteiger partial charge in [-0.1, -0.05) is 60.3 Å². The maximum absolute atomic E-state index is 13.3. The van der Waals surface area contributed by atoms with Crippen molar-refractivity contribution in [3.63, 3.8) is 0 Å². The zero-order chi connectivity index (χ0) is 17.7. The van der Waals surface area contributed by atoms with Crippen molar-refractivity contribution in [2.24, 2.45) is 0 Å². The third-order valence-electron chi connectivity index (χ3n) is 4.68. The van der Waals surface area contributed by atoms with Crippen molar-refractivity contribution in [2.45, 2.75) is 15.9 Å². The Kier molecular flexibility index (Phi) is 3.17. The Morgan fingerprint density at radius 2 is 1.88 bits per heavy atom. The maximum Gasteiger partial charge on any atom is 0.257 e. The van der Waals surface area contributed by atoms with Gasteiger partial charge in [-0.2, -0.15) is 0 Å². The minimum absolute atomic E-state index is 0.135. The third-order valence-corrected chi connectivity index (χ3v) is 5.98. The van der Waals surface area contributed by atoms with E-state index in [-0.39, 0.29) is 11.7 Å². The van der Waals surface area contributed by atoms with E-state index in [0.29, 0.717) is 16.4 Å². The second kappa shape index (κ2) is 5.43. The molecular formula is C18H13N5O2S. The second-order valence-corrected chi connectivity index (χ2v) is 7.20. The monoisotopic (exact) mass is 363 g/mol.